The Balaban J connectivity index is 1.93. The van der Waals surface area contributed by atoms with Crippen LogP contribution in [0.1, 0.15) is 5.56 Å². The van der Waals surface area contributed by atoms with Gasteiger partial charge in [0.15, 0.2) is 10.9 Å². The smallest absolute Gasteiger partial charge is 0.228 e. The van der Waals surface area contributed by atoms with Crippen molar-refractivity contribution < 1.29 is 9.15 Å². The summed E-state index contributed by atoms with van der Waals surface area (Å²) in [6.45, 7) is 0. The van der Waals surface area contributed by atoms with E-state index in [1.807, 2.05) is 24.3 Å². The summed E-state index contributed by atoms with van der Waals surface area (Å²) in [5.74, 6) is 1.63. The largest absolute Gasteiger partial charge is 0.497 e. The van der Waals surface area contributed by atoms with Crippen LogP contribution in [0.15, 0.2) is 52.9 Å². The molecule has 24 heavy (non-hydrogen) atoms. The van der Waals surface area contributed by atoms with E-state index in [1.54, 1.807) is 31.4 Å². The normalized spacial score (nSPS) is 11.5. The van der Waals surface area contributed by atoms with Gasteiger partial charge in [-0.1, -0.05) is 70.7 Å². The average Bonchev–Trinajstić information content (AvgIpc) is 2.96. The van der Waals surface area contributed by atoms with Gasteiger partial charge in [-0.2, -0.15) is 4.98 Å². The predicted molar refractivity (Wildman–Crippen MR) is 98.2 cm³/mol. The first-order valence-corrected chi connectivity index (χ1v) is 8.38. The molecule has 7 heteroatoms. The van der Waals surface area contributed by atoms with E-state index in [0.717, 1.165) is 16.9 Å². The van der Waals surface area contributed by atoms with Crippen LogP contribution in [0.3, 0.4) is 0 Å². The van der Waals surface area contributed by atoms with Crippen LogP contribution in [0.4, 0.5) is 0 Å². The van der Waals surface area contributed by atoms with Crippen molar-refractivity contribution in [3.63, 3.8) is 0 Å². The zero-order chi connectivity index (χ0) is 17.3. The monoisotopic (exact) mass is 401 g/mol. The molecule has 0 N–H and O–H groups in total. The maximum Gasteiger partial charge on any atom is 0.228 e. The van der Waals surface area contributed by atoms with E-state index >= 15 is 0 Å². The van der Waals surface area contributed by atoms with Crippen LogP contribution >= 0.6 is 46.4 Å². The molecule has 0 atom stereocenters. The zero-order valence-corrected chi connectivity index (χ0v) is 15.4. The minimum atomic E-state index is -1.47. The van der Waals surface area contributed by atoms with Crippen molar-refractivity contribution in [1.29, 1.82) is 0 Å². The molecule has 0 aliphatic carbocycles. The minimum absolute atomic E-state index is 0.266. The Kier molecular flexibility index (Phi) is 4.97. The summed E-state index contributed by atoms with van der Waals surface area (Å²) in [4.78, 5) is 4.26. The molecule has 2 aromatic carbocycles. The fourth-order valence-corrected chi connectivity index (χ4v) is 2.75. The molecule has 3 rings (SSSR count). The van der Waals surface area contributed by atoms with Crippen LogP contribution < -0.4 is 4.74 Å². The Morgan fingerprint density at radius 1 is 0.917 bits per heavy atom. The molecule has 0 bridgehead atoms. The quantitative estimate of drug-likeness (QED) is 0.469. The van der Waals surface area contributed by atoms with E-state index in [4.69, 9.17) is 55.6 Å². The Labute approximate surface area is 159 Å². The SMILES string of the molecule is COc1ccc(-c2nc(Cl)c(-c3ccc(C(Cl)(Cl)Cl)cc3)o2)cc1. The summed E-state index contributed by atoms with van der Waals surface area (Å²) < 4.78 is 9.46. The summed E-state index contributed by atoms with van der Waals surface area (Å²) in [5.41, 5.74) is 2.09. The maximum absolute atomic E-state index is 6.21. The Hall–Kier alpha value is -1.39. The van der Waals surface area contributed by atoms with Gasteiger partial charge >= 0.3 is 0 Å². The van der Waals surface area contributed by atoms with Crippen molar-refractivity contribution in [3.05, 3.63) is 59.2 Å². The first-order valence-electron chi connectivity index (χ1n) is 6.87. The molecule has 0 saturated heterocycles. The second kappa shape index (κ2) is 6.85. The second-order valence-electron chi connectivity index (χ2n) is 4.94. The Bertz CT molecular complexity index is 837. The van der Waals surface area contributed by atoms with Gasteiger partial charge in [-0.25, -0.2) is 0 Å². The van der Waals surface area contributed by atoms with Crippen molar-refractivity contribution in [3.8, 4) is 28.5 Å². The lowest BCUT2D eigenvalue weighted by Gasteiger charge is -2.10. The van der Waals surface area contributed by atoms with Crippen LogP contribution in [-0.4, -0.2) is 12.1 Å². The van der Waals surface area contributed by atoms with Gasteiger partial charge in [0.2, 0.25) is 9.68 Å². The first kappa shape index (κ1) is 17.4. The molecule has 0 spiro atoms. The summed E-state index contributed by atoms with van der Waals surface area (Å²) in [5, 5.41) is 0.266. The van der Waals surface area contributed by atoms with E-state index in [1.165, 1.54) is 0 Å². The maximum atomic E-state index is 6.21. The fraction of sp³-hybridized carbons (Fsp3) is 0.118. The lowest BCUT2D eigenvalue weighted by atomic mass is 10.1. The van der Waals surface area contributed by atoms with Gasteiger partial charge in [0, 0.05) is 16.7 Å². The highest BCUT2D eigenvalue weighted by atomic mass is 35.6. The molecule has 0 saturated carbocycles. The molecule has 0 radical (unpaired) electrons. The first-order chi connectivity index (χ1) is 11.4. The molecule has 0 aliphatic rings. The highest BCUT2D eigenvalue weighted by Gasteiger charge is 2.23. The van der Waals surface area contributed by atoms with Gasteiger partial charge in [-0.15, -0.1) is 0 Å². The number of aromatic nitrogens is 1. The lowest BCUT2D eigenvalue weighted by molar-refractivity contribution is 0.415. The summed E-state index contributed by atoms with van der Waals surface area (Å²) in [7, 11) is 1.61. The molecule has 124 valence electrons. The molecular weight excluding hydrogens is 392 g/mol. The average molecular weight is 403 g/mol. The van der Waals surface area contributed by atoms with Crippen molar-refractivity contribution in [2.24, 2.45) is 0 Å². The number of hydrogen-bond acceptors (Lipinski definition) is 3. The fourth-order valence-electron chi connectivity index (χ4n) is 2.15. The van der Waals surface area contributed by atoms with E-state index in [9.17, 15) is 0 Å². The second-order valence-corrected chi connectivity index (χ2v) is 7.58. The van der Waals surface area contributed by atoms with Gasteiger partial charge < -0.3 is 9.15 Å². The number of ether oxygens (including phenoxy) is 1. The number of benzene rings is 2. The van der Waals surface area contributed by atoms with Crippen LogP contribution in [0.2, 0.25) is 5.15 Å². The number of halogens is 4. The summed E-state index contributed by atoms with van der Waals surface area (Å²) in [6, 6.07) is 14.3. The number of methoxy groups -OCH3 is 1. The minimum Gasteiger partial charge on any atom is -0.497 e. The third-order valence-corrected chi connectivity index (χ3v) is 4.31. The molecule has 3 aromatic rings. The zero-order valence-electron chi connectivity index (χ0n) is 12.4. The summed E-state index contributed by atoms with van der Waals surface area (Å²) in [6.07, 6.45) is 0. The van der Waals surface area contributed by atoms with Gasteiger partial charge in [0.1, 0.15) is 5.75 Å². The third kappa shape index (κ3) is 3.65. The highest BCUT2D eigenvalue weighted by molar-refractivity contribution is 6.66. The van der Waals surface area contributed by atoms with Gasteiger partial charge in [0.05, 0.1) is 7.11 Å². The van der Waals surface area contributed by atoms with Crippen molar-refractivity contribution in [2.75, 3.05) is 7.11 Å². The van der Waals surface area contributed by atoms with Gasteiger partial charge in [-0.05, 0) is 24.3 Å². The van der Waals surface area contributed by atoms with Crippen molar-refractivity contribution >= 4 is 46.4 Å². The number of hydrogen-bond donors (Lipinski definition) is 0. The topological polar surface area (TPSA) is 35.3 Å². The highest BCUT2D eigenvalue weighted by Crippen LogP contribution is 2.40. The van der Waals surface area contributed by atoms with E-state index in [-0.39, 0.29) is 5.15 Å². The molecule has 3 nitrogen and oxygen atoms in total. The summed E-state index contributed by atoms with van der Waals surface area (Å²) >= 11 is 23.8. The van der Waals surface area contributed by atoms with Gasteiger partial charge in [-0.3, -0.25) is 0 Å². The number of nitrogens with zero attached hydrogens (tertiary/aromatic N) is 1. The van der Waals surface area contributed by atoms with Crippen molar-refractivity contribution in [1.82, 2.24) is 4.98 Å². The molecule has 0 aliphatic heterocycles. The molecule has 0 unspecified atom stereocenters. The molecular formula is C17H11Cl4NO2. The molecule has 0 amide bonds. The standard InChI is InChI=1S/C17H11Cl4NO2/c1-23-13-8-4-11(5-9-13)16-22-15(18)14(24-16)10-2-6-12(7-3-10)17(19,20)21/h2-9H,1H3. The van der Waals surface area contributed by atoms with E-state index in [0.29, 0.717) is 17.2 Å². The third-order valence-electron chi connectivity index (χ3n) is 3.40. The molecule has 1 aromatic heterocycles. The number of rotatable bonds is 3. The van der Waals surface area contributed by atoms with Crippen LogP contribution in [0, 0.1) is 0 Å². The molecule has 1 heterocycles. The predicted octanol–water partition coefficient (Wildman–Crippen LogP) is 6.50. The Morgan fingerprint density at radius 2 is 1.50 bits per heavy atom. The number of oxazole rings is 1. The van der Waals surface area contributed by atoms with Crippen LogP contribution in [-0.2, 0) is 3.79 Å². The van der Waals surface area contributed by atoms with Crippen LogP contribution in [0.5, 0.6) is 5.75 Å². The van der Waals surface area contributed by atoms with Gasteiger partial charge in [0.25, 0.3) is 0 Å². The molecule has 0 fully saturated rings. The van der Waals surface area contributed by atoms with Crippen LogP contribution in [0.25, 0.3) is 22.8 Å². The number of alkyl halides is 3. The van der Waals surface area contributed by atoms with Crippen molar-refractivity contribution in [2.45, 2.75) is 3.79 Å². The van der Waals surface area contributed by atoms with E-state index < -0.39 is 3.79 Å². The Morgan fingerprint density at radius 3 is 2.04 bits per heavy atom. The lowest BCUT2D eigenvalue weighted by Crippen LogP contribution is -1.98. The van der Waals surface area contributed by atoms with E-state index in [2.05, 4.69) is 4.98 Å².